The monoisotopic (exact) mass is 232 g/mol. The lowest BCUT2D eigenvalue weighted by Crippen LogP contribution is -2.41. The molecule has 4 unspecified atom stereocenters. The molecule has 2 rings (SSSR count). The van der Waals surface area contributed by atoms with Crippen LogP contribution >= 0.6 is 0 Å². The number of hydrogen-bond donors (Lipinski definition) is 0. The molecule has 0 bridgehead atoms. The van der Waals surface area contributed by atoms with E-state index in [4.69, 9.17) is 0 Å². The highest BCUT2D eigenvalue weighted by Gasteiger charge is 2.45. The molecule has 0 N–H and O–H groups in total. The molecular weight excluding hydrogens is 208 g/mol. The summed E-state index contributed by atoms with van der Waals surface area (Å²) in [5, 5.41) is 0. The Hall–Kier alpha value is -0.850. The first-order valence-corrected chi connectivity index (χ1v) is 6.93. The second kappa shape index (κ2) is 4.44. The van der Waals surface area contributed by atoms with Crippen LogP contribution in [-0.2, 0) is 4.79 Å². The maximum absolute atomic E-state index is 11.5. The average Bonchev–Trinajstić information content (AvgIpc) is 2.29. The van der Waals surface area contributed by atoms with Crippen LogP contribution in [0.4, 0.5) is 0 Å². The Morgan fingerprint density at radius 3 is 2.88 bits per heavy atom. The van der Waals surface area contributed by atoms with Crippen molar-refractivity contribution in [1.29, 1.82) is 0 Å². The van der Waals surface area contributed by atoms with Gasteiger partial charge in [-0.1, -0.05) is 45.8 Å². The van der Waals surface area contributed by atoms with Crippen molar-refractivity contribution in [3.8, 4) is 0 Å². The summed E-state index contributed by atoms with van der Waals surface area (Å²) >= 11 is 0. The lowest BCUT2D eigenvalue weighted by atomic mass is 9.55. The van der Waals surface area contributed by atoms with Gasteiger partial charge in [-0.3, -0.25) is 4.79 Å². The van der Waals surface area contributed by atoms with Gasteiger partial charge >= 0.3 is 0 Å². The van der Waals surface area contributed by atoms with E-state index in [2.05, 4.69) is 33.8 Å². The lowest BCUT2D eigenvalue weighted by Gasteiger charge is -2.49. The predicted octanol–water partition coefficient (Wildman–Crippen LogP) is 4.15. The van der Waals surface area contributed by atoms with Crippen molar-refractivity contribution in [2.24, 2.45) is 23.2 Å². The molecule has 0 aromatic heterocycles. The van der Waals surface area contributed by atoms with E-state index in [-0.39, 0.29) is 11.2 Å². The van der Waals surface area contributed by atoms with Gasteiger partial charge in [0.15, 0.2) is 5.78 Å². The van der Waals surface area contributed by atoms with Crippen molar-refractivity contribution in [1.82, 2.24) is 0 Å². The summed E-state index contributed by atoms with van der Waals surface area (Å²) in [5.41, 5.74) is 1.49. The highest BCUT2D eigenvalue weighted by atomic mass is 16.1. The zero-order chi connectivity index (χ0) is 12.6. The zero-order valence-electron chi connectivity index (χ0n) is 11.5. The topological polar surface area (TPSA) is 17.1 Å². The fourth-order valence-electron chi connectivity index (χ4n) is 3.96. The quantitative estimate of drug-likeness (QED) is 0.699. The van der Waals surface area contributed by atoms with Crippen molar-refractivity contribution in [2.45, 2.75) is 47.0 Å². The first-order chi connectivity index (χ1) is 7.99. The van der Waals surface area contributed by atoms with Crippen LogP contribution in [0.5, 0.6) is 0 Å². The Kier molecular flexibility index (Phi) is 3.29. The minimum absolute atomic E-state index is 0.126. The summed E-state index contributed by atoms with van der Waals surface area (Å²) in [7, 11) is 0. The van der Waals surface area contributed by atoms with Gasteiger partial charge in [-0.2, -0.15) is 0 Å². The van der Waals surface area contributed by atoms with Crippen LogP contribution < -0.4 is 0 Å². The normalized spacial score (nSPS) is 38.6. The van der Waals surface area contributed by atoms with E-state index in [1.54, 1.807) is 6.08 Å². The molecule has 17 heavy (non-hydrogen) atoms. The second-order valence-corrected chi connectivity index (χ2v) is 6.12. The Morgan fingerprint density at radius 2 is 2.24 bits per heavy atom. The number of carbonyl (C=O) groups excluding carboxylic acids is 1. The second-order valence-electron chi connectivity index (χ2n) is 6.12. The van der Waals surface area contributed by atoms with Crippen molar-refractivity contribution in [2.75, 3.05) is 0 Å². The molecule has 0 saturated heterocycles. The van der Waals surface area contributed by atoms with Crippen molar-refractivity contribution in [3.63, 3.8) is 0 Å². The third-order valence-corrected chi connectivity index (χ3v) is 5.03. The number of ketones is 1. The molecule has 1 nitrogen and oxygen atoms in total. The fraction of sp³-hybridized carbons (Fsp3) is 0.688. The van der Waals surface area contributed by atoms with Gasteiger partial charge < -0.3 is 0 Å². The van der Waals surface area contributed by atoms with Gasteiger partial charge in [0.25, 0.3) is 0 Å². The maximum atomic E-state index is 11.5. The SMILES string of the molecule is CCC(C)C1C(C)CCC2=CC(=O)C=CC21C. The molecular formula is C16H24O. The van der Waals surface area contributed by atoms with Crippen LogP contribution in [0.15, 0.2) is 23.8 Å². The van der Waals surface area contributed by atoms with E-state index in [1.165, 1.54) is 18.4 Å². The summed E-state index contributed by atoms with van der Waals surface area (Å²) in [6.07, 6.45) is 9.40. The molecule has 1 fully saturated rings. The van der Waals surface area contributed by atoms with E-state index in [0.717, 1.165) is 18.3 Å². The average molecular weight is 232 g/mol. The first kappa shape index (κ1) is 12.6. The standard InChI is InChI=1S/C16H24O/c1-5-11(2)15-12(3)6-7-13-10-14(17)8-9-16(13,15)4/h8-12,15H,5-7H2,1-4H3. The minimum Gasteiger partial charge on any atom is -0.290 e. The van der Waals surface area contributed by atoms with Crippen LogP contribution in [0.1, 0.15) is 47.0 Å². The number of hydrogen-bond acceptors (Lipinski definition) is 1. The molecule has 0 aromatic rings. The highest BCUT2D eigenvalue weighted by Crippen LogP contribution is 2.53. The number of fused-ring (bicyclic) bond motifs is 1. The molecule has 0 aliphatic heterocycles. The molecule has 0 amide bonds. The number of carbonyl (C=O) groups is 1. The molecule has 0 spiro atoms. The van der Waals surface area contributed by atoms with Gasteiger partial charge in [-0.15, -0.1) is 0 Å². The third kappa shape index (κ3) is 2.00. The Bertz CT molecular complexity index is 373. The van der Waals surface area contributed by atoms with Gasteiger partial charge in [0.05, 0.1) is 0 Å². The van der Waals surface area contributed by atoms with Crippen molar-refractivity contribution >= 4 is 5.78 Å². The van der Waals surface area contributed by atoms with Crippen LogP contribution in [-0.4, -0.2) is 5.78 Å². The van der Waals surface area contributed by atoms with E-state index in [0.29, 0.717) is 5.92 Å². The lowest BCUT2D eigenvalue weighted by molar-refractivity contribution is -0.110. The van der Waals surface area contributed by atoms with Gasteiger partial charge in [0, 0.05) is 5.41 Å². The summed E-state index contributed by atoms with van der Waals surface area (Å²) in [6.45, 7) is 9.34. The smallest absolute Gasteiger partial charge is 0.178 e. The highest BCUT2D eigenvalue weighted by molar-refractivity contribution is 6.01. The fourth-order valence-corrected chi connectivity index (χ4v) is 3.96. The maximum Gasteiger partial charge on any atom is 0.178 e. The molecule has 2 aliphatic rings. The van der Waals surface area contributed by atoms with Crippen molar-refractivity contribution in [3.05, 3.63) is 23.8 Å². The van der Waals surface area contributed by atoms with E-state index < -0.39 is 0 Å². The molecule has 0 radical (unpaired) electrons. The summed E-state index contributed by atoms with van der Waals surface area (Å²) in [4.78, 5) is 11.5. The Balaban J connectivity index is 2.39. The molecule has 1 saturated carbocycles. The Labute approximate surface area is 105 Å². The van der Waals surface area contributed by atoms with E-state index >= 15 is 0 Å². The zero-order valence-corrected chi connectivity index (χ0v) is 11.5. The van der Waals surface area contributed by atoms with Gasteiger partial charge in [0.1, 0.15) is 0 Å². The van der Waals surface area contributed by atoms with E-state index in [9.17, 15) is 4.79 Å². The van der Waals surface area contributed by atoms with Crippen LogP contribution in [0.2, 0.25) is 0 Å². The minimum atomic E-state index is 0.126. The molecule has 2 aliphatic carbocycles. The van der Waals surface area contributed by atoms with Crippen molar-refractivity contribution < 1.29 is 4.79 Å². The Morgan fingerprint density at radius 1 is 1.53 bits per heavy atom. The van der Waals surface area contributed by atoms with Crippen LogP contribution in [0.25, 0.3) is 0 Å². The van der Waals surface area contributed by atoms with E-state index in [1.807, 2.05) is 6.08 Å². The molecule has 94 valence electrons. The van der Waals surface area contributed by atoms with Gasteiger partial charge in [0.2, 0.25) is 0 Å². The largest absolute Gasteiger partial charge is 0.290 e. The number of rotatable bonds is 2. The van der Waals surface area contributed by atoms with Crippen LogP contribution in [0, 0.1) is 23.2 Å². The predicted molar refractivity (Wildman–Crippen MR) is 71.7 cm³/mol. The van der Waals surface area contributed by atoms with Gasteiger partial charge in [-0.05, 0) is 42.7 Å². The molecule has 0 aromatic carbocycles. The van der Waals surface area contributed by atoms with Gasteiger partial charge in [-0.25, -0.2) is 0 Å². The third-order valence-electron chi connectivity index (χ3n) is 5.03. The molecule has 4 atom stereocenters. The summed E-state index contributed by atoms with van der Waals surface area (Å²) in [5.74, 6) is 2.33. The van der Waals surface area contributed by atoms with Crippen LogP contribution in [0.3, 0.4) is 0 Å². The molecule has 1 heteroatoms. The molecule has 0 heterocycles. The number of allylic oxidation sites excluding steroid dienone is 4. The first-order valence-electron chi connectivity index (χ1n) is 6.93. The summed E-state index contributed by atoms with van der Waals surface area (Å²) in [6, 6.07) is 0. The summed E-state index contributed by atoms with van der Waals surface area (Å²) < 4.78 is 0.